The molecule has 0 bridgehead atoms. The van der Waals surface area contributed by atoms with Crippen molar-refractivity contribution in [2.75, 3.05) is 0 Å². The summed E-state index contributed by atoms with van der Waals surface area (Å²) in [5.41, 5.74) is 1.02. The minimum absolute atomic E-state index is 0.133. The van der Waals surface area contributed by atoms with Crippen LogP contribution in [0, 0.1) is 0 Å². The molecule has 0 aromatic heterocycles. The molecule has 1 nitrogen and oxygen atoms in total. The molecule has 21 heavy (non-hydrogen) atoms. The molecule has 0 aliphatic heterocycles. The second-order valence-electron chi connectivity index (χ2n) is 4.59. The summed E-state index contributed by atoms with van der Waals surface area (Å²) in [4.78, 5) is 12.8. The van der Waals surface area contributed by atoms with Crippen LogP contribution in [0.2, 0.25) is 10.0 Å². The third-order valence-corrected chi connectivity index (χ3v) is 4.54. The Bertz CT molecular complexity index is 859. The van der Waals surface area contributed by atoms with Gasteiger partial charge in [0, 0.05) is 20.6 Å². The average molecular weight is 380 g/mol. The summed E-state index contributed by atoms with van der Waals surface area (Å²) < 4.78 is 0.951. The summed E-state index contributed by atoms with van der Waals surface area (Å²) in [5.74, 6) is -0.133. The number of ketones is 1. The van der Waals surface area contributed by atoms with Crippen LogP contribution in [0.3, 0.4) is 0 Å². The highest BCUT2D eigenvalue weighted by Gasteiger charge is 2.16. The van der Waals surface area contributed by atoms with Gasteiger partial charge in [0.1, 0.15) is 0 Å². The quantitative estimate of drug-likeness (QED) is 0.488. The minimum atomic E-state index is -0.133. The van der Waals surface area contributed by atoms with Crippen LogP contribution >= 0.6 is 39.1 Å². The number of carbonyl (C=O) groups is 1. The van der Waals surface area contributed by atoms with Gasteiger partial charge in [0.25, 0.3) is 0 Å². The molecule has 0 heterocycles. The largest absolute Gasteiger partial charge is 0.289 e. The normalized spacial score (nSPS) is 10.8. The number of hydrogen-bond donors (Lipinski definition) is 0. The highest BCUT2D eigenvalue weighted by atomic mass is 79.9. The van der Waals surface area contributed by atoms with Crippen molar-refractivity contribution in [3.63, 3.8) is 0 Å². The van der Waals surface area contributed by atoms with Crippen molar-refractivity contribution in [2.24, 2.45) is 0 Å². The first-order valence-corrected chi connectivity index (χ1v) is 7.80. The molecule has 3 rings (SSSR count). The summed E-state index contributed by atoms with van der Waals surface area (Å²) >= 11 is 15.6. The SMILES string of the molecule is O=C(c1cc(Cl)ccc1Cl)c1ccc(Br)c2ccccc12. The van der Waals surface area contributed by atoms with Crippen LogP contribution in [-0.2, 0) is 0 Å². The number of carbonyl (C=O) groups excluding carboxylic acids is 1. The summed E-state index contributed by atoms with van der Waals surface area (Å²) in [7, 11) is 0. The molecule has 0 N–H and O–H groups in total. The van der Waals surface area contributed by atoms with Gasteiger partial charge in [0.05, 0.1) is 5.02 Å². The van der Waals surface area contributed by atoms with Gasteiger partial charge in [-0.1, -0.05) is 63.4 Å². The lowest BCUT2D eigenvalue weighted by atomic mass is 9.97. The highest BCUT2D eigenvalue weighted by molar-refractivity contribution is 9.10. The second-order valence-corrected chi connectivity index (χ2v) is 6.29. The van der Waals surface area contributed by atoms with Crippen LogP contribution in [0.1, 0.15) is 15.9 Å². The van der Waals surface area contributed by atoms with E-state index in [0.717, 1.165) is 15.2 Å². The predicted molar refractivity (Wildman–Crippen MR) is 91.5 cm³/mol. The monoisotopic (exact) mass is 378 g/mol. The van der Waals surface area contributed by atoms with Crippen LogP contribution in [-0.4, -0.2) is 5.78 Å². The van der Waals surface area contributed by atoms with Crippen LogP contribution in [0.15, 0.2) is 59.1 Å². The minimum Gasteiger partial charge on any atom is -0.289 e. The molecule has 0 spiro atoms. The van der Waals surface area contributed by atoms with Crippen molar-refractivity contribution in [3.8, 4) is 0 Å². The fourth-order valence-electron chi connectivity index (χ4n) is 2.28. The molecular formula is C17H9BrCl2O. The van der Waals surface area contributed by atoms with Crippen LogP contribution < -0.4 is 0 Å². The number of hydrogen-bond acceptors (Lipinski definition) is 1. The number of fused-ring (bicyclic) bond motifs is 1. The van der Waals surface area contributed by atoms with Crippen molar-refractivity contribution >= 4 is 55.7 Å². The molecule has 104 valence electrons. The maximum absolute atomic E-state index is 12.8. The lowest BCUT2D eigenvalue weighted by Crippen LogP contribution is -2.03. The number of benzene rings is 3. The summed E-state index contributed by atoms with van der Waals surface area (Å²) in [6, 6.07) is 16.3. The van der Waals surface area contributed by atoms with Crippen molar-refractivity contribution in [3.05, 3.63) is 80.2 Å². The third kappa shape index (κ3) is 2.71. The first-order chi connectivity index (χ1) is 10.1. The molecule has 3 aromatic carbocycles. The van der Waals surface area contributed by atoms with E-state index in [-0.39, 0.29) is 5.78 Å². The van der Waals surface area contributed by atoms with E-state index in [2.05, 4.69) is 15.9 Å². The Morgan fingerprint density at radius 3 is 2.33 bits per heavy atom. The second kappa shape index (κ2) is 5.80. The van der Waals surface area contributed by atoms with Gasteiger partial charge in [-0.15, -0.1) is 0 Å². The zero-order valence-corrected chi connectivity index (χ0v) is 13.8. The first kappa shape index (κ1) is 14.6. The molecule has 0 aliphatic rings. The van der Waals surface area contributed by atoms with Crippen LogP contribution in [0.4, 0.5) is 0 Å². The van der Waals surface area contributed by atoms with Gasteiger partial charge >= 0.3 is 0 Å². The highest BCUT2D eigenvalue weighted by Crippen LogP contribution is 2.30. The fraction of sp³-hybridized carbons (Fsp3) is 0. The average Bonchev–Trinajstić information content (AvgIpc) is 2.50. The molecule has 0 aliphatic carbocycles. The molecule has 3 aromatic rings. The maximum atomic E-state index is 12.8. The molecule has 4 heteroatoms. The smallest absolute Gasteiger partial charge is 0.195 e. The van der Waals surface area contributed by atoms with Gasteiger partial charge < -0.3 is 0 Å². The van der Waals surface area contributed by atoms with E-state index in [1.54, 1.807) is 24.3 Å². The fourth-order valence-corrected chi connectivity index (χ4v) is 3.13. The van der Waals surface area contributed by atoms with Crippen LogP contribution in [0.25, 0.3) is 10.8 Å². The molecule has 0 atom stereocenters. The van der Waals surface area contributed by atoms with Gasteiger partial charge in [-0.3, -0.25) is 4.79 Å². The van der Waals surface area contributed by atoms with Gasteiger partial charge in [0.15, 0.2) is 5.78 Å². The standard InChI is InChI=1S/C17H9BrCl2O/c18-15-7-6-13(11-3-1-2-4-12(11)15)17(21)14-9-10(19)5-8-16(14)20/h1-9H. The maximum Gasteiger partial charge on any atom is 0.195 e. The van der Waals surface area contributed by atoms with Gasteiger partial charge in [-0.25, -0.2) is 0 Å². The van der Waals surface area contributed by atoms with Crippen molar-refractivity contribution in [1.82, 2.24) is 0 Å². The Morgan fingerprint density at radius 2 is 1.57 bits per heavy atom. The summed E-state index contributed by atoms with van der Waals surface area (Å²) in [5, 5.41) is 2.76. The van der Waals surface area contributed by atoms with Gasteiger partial charge in [-0.05, 0) is 41.1 Å². The zero-order valence-electron chi connectivity index (χ0n) is 10.7. The van der Waals surface area contributed by atoms with E-state index in [1.165, 1.54) is 0 Å². The van der Waals surface area contributed by atoms with Crippen LogP contribution in [0.5, 0.6) is 0 Å². The summed E-state index contributed by atoms with van der Waals surface area (Å²) in [6.07, 6.45) is 0. The van der Waals surface area contributed by atoms with E-state index in [0.29, 0.717) is 21.2 Å². The Balaban J connectivity index is 2.23. The Morgan fingerprint density at radius 1 is 0.857 bits per heavy atom. The van der Waals surface area contributed by atoms with Crippen molar-refractivity contribution in [1.29, 1.82) is 0 Å². The summed E-state index contributed by atoms with van der Waals surface area (Å²) in [6.45, 7) is 0. The van der Waals surface area contributed by atoms with E-state index in [1.807, 2.05) is 30.3 Å². The lowest BCUT2D eigenvalue weighted by molar-refractivity contribution is 0.104. The van der Waals surface area contributed by atoms with Gasteiger partial charge in [0.2, 0.25) is 0 Å². The molecule has 0 saturated heterocycles. The molecular weight excluding hydrogens is 371 g/mol. The molecule has 0 saturated carbocycles. The Hall–Kier alpha value is -1.35. The number of rotatable bonds is 2. The molecule has 0 radical (unpaired) electrons. The van der Waals surface area contributed by atoms with E-state index in [9.17, 15) is 4.79 Å². The zero-order chi connectivity index (χ0) is 15.0. The Labute approximate surface area is 140 Å². The lowest BCUT2D eigenvalue weighted by Gasteiger charge is -2.09. The third-order valence-electron chi connectivity index (χ3n) is 3.29. The molecule has 0 unspecified atom stereocenters. The molecule has 0 amide bonds. The predicted octanol–water partition coefficient (Wildman–Crippen LogP) is 6.14. The van der Waals surface area contributed by atoms with Gasteiger partial charge in [-0.2, -0.15) is 0 Å². The molecule has 0 fully saturated rings. The van der Waals surface area contributed by atoms with Crippen molar-refractivity contribution in [2.45, 2.75) is 0 Å². The first-order valence-electron chi connectivity index (χ1n) is 6.25. The van der Waals surface area contributed by atoms with E-state index >= 15 is 0 Å². The number of halogens is 3. The topological polar surface area (TPSA) is 17.1 Å². The Kier molecular flexibility index (Phi) is 4.03. The van der Waals surface area contributed by atoms with E-state index in [4.69, 9.17) is 23.2 Å². The van der Waals surface area contributed by atoms with E-state index < -0.39 is 0 Å². The van der Waals surface area contributed by atoms with Crippen molar-refractivity contribution < 1.29 is 4.79 Å².